The van der Waals surface area contributed by atoms with Crippen LogP contribution >= 0.6 is 11.8 Å². The Balaban J connectivity index is 1.48. The van der Waals surface area contributed by atoms with Crippen LogP contribution in [0.25, 0.3) is 10.9 Å². The second-order valence-electron chi connectivity index (χ2n) is 9.28. The number of benzene rings is 1. The molecule has 2 atom stereocenters. The summed E-state index contributed by atoms with van der Waals surface area (Å²) in [5.74, 6) is 1.85. The van der Waals surface area contributed by atoms with Gasteiger partial charge in [-0.25, -0.2) is 4.99 Å². The van der Waals surface area contributed by atoms with Gasteiger partial charge in [0.2, 0.25) is 6.79 Å². The van der Waals surface area contributed by atoms with E-state index in [-0.39, 0.29) is 29.6 Å². The number of aromatic amines is 2. The molecule has 2 N–H and O–H groups in total. The van der Waals surface area contributed by atoms with Crippen LogP contribution in [0, 0.1) is 0 Å². The molecule has 1 saturated heterocycles. The lowest BCUT2D eigenvalue weighted by molar-refractivity contribution is -0.0705. The van der Waals surface area contributed by atoms with Crippen LogP contribution in [0.3, 0.4) is 0 Å². The average molecular weight is 469 g/mol. The van der Waals surface area contributed by atoms with Gasteiger partial charge in [-0.3, -0.25) is 19.4 Å². The topological polar surface area (TPSA) is 111 Å². The minimum absolute atomic E-state index is 0.0696. The highest BCUT2D eigenvalue weighted by molar-refractivity contribution is 8.14. The Kier molecular flexibility index (Phi) is 4.54. The normalized spacial score (nSPS) is 23.4. The Morgan fingerprint density at radius 3 is 2.73 bits per heavy atom. The summed E-state index contributed by atoms with van der Waals surface area (Å²) in [7, 11) is 0. The smallest absolute Gasteiger partial charge is 0.271 e. The van der Waals surface area contributed by atoms with Gasteiger partial charge >= 0.3 is 0 Å². The molecule has 172 valence electrons. The molecule has 5 heterocycles. The molecule has 10 heteroatoms. The molecule has 0 saturated carbocycles. The first-order valence-electron chi connectivity index (χ1n) is 11.0. The summed E-state index contributed by atoms with van der Waals surface area (Å²) in [6, 6.07) is 5.53. The molecular weight excluding hydrogens is 444 g/mol. The van der Waals surface area contributed by atoms with Crippen molar-refractivity contribution in [3.05, 3.63) is 50.0 Å². The van der Waals surface area contributed by atoms with Gasteiger partial charge in [0.15, 0.2) is 17.3 Å². The van der Waals surface area contributed by atoms with Crippen LogP contribution in [0.5, 0.6) is 11.5 Å². The van der Waals surface area contributed by atoms with E-state index < -0.39 is 5.25 Å². The fraction of sp³-hybridized carbons (Fsp3) is 0.435. The lowest BCUT2D eigenvalue weighted by atomic mass is 9.94. The predicted molar refractivity (Wildman–Crippen MR) is 126 cm³/mol. The number of aliphatic imine (C=N–C) groups is 1. The van der Waals surface area contributed by atoms with Gasteiger partial charge in [0, 0.05) is 23.6 Å². The molecule has 3 aromatic rings. The Labute approximate surface area is 193 Å². The number of pyridine rings is 1. The Morgan fingerprint density at radius 1 is 1.15 bits per heavy atom. The van der Waals surface area contributed by atoms with Gasteiger partial charge < -0.3 is 19.2 Å². The molecule has 0 amide bonds. The molecule has 0 spiro atoms. The zero-order valence-electron chi connectivity index (χ0n) is 18.6. The van der Waals surface area contributed by atoms with E-state index in [1.165, 1.54) is 11.8 Å². The Morgan fingerprint density at radius 2 is 1.94 bits per heavy atom. The molecule has 0 bridgehead atoms. The highest BCUT2D eigenvalue weighted by Gasteiger charge is 2.36. The summed E-state index contributed by atoms with van der Waals surface area (Å²) in [5.41, 5.74) is 0.959. The summed E-state index contributed by atoms with van der Waals surface area (Å²) in [6.07, 6.45) is 1.55. The van der Waals surface area contributed by atoms with Crippen molar-refractivity contribution in [3.63, 3.8) is 0 Å². The Hall–Kier alpha value is -2.98. The molecule has 33 heavy (non-hydrogen) atoms. The third-order valence-electron chi connectivity index (χ3n) is 6.43. The maximum Gasteiger partial charge on any atom is 0.271 e. The minimum Gasteiger partial charge on any atom is -0.454 e. The van der Waals surface area contributed by atoms with Crippen molar-refractivity contribution >= 4 is 33.5 Å². The van der Waals surface area contributed by atoms with Gasteiger partial charge in [-0.15, -0.1) is 0 Å². The number of rotatable bonds is 2. The fourth-order valence-electron chi connectivity index (χ4n) is 4.92. The summed E-state index contributed by atoms with van der Waals surface area (Å²) >= 11 is 1.42. The quantitative estimate of drug-likeness (QED) is 0.593. The van der Waals surface area contributed by atoms with Crippen LogP contribution in [0.1, 0.15) is 56.0 Å². The van der Waals surface area contributed by atoms with Gasteiger partial charge in [-0.05, 0) is 45.7 Å². The third kappa shape index (κ3) is 3.39. The zero-order valence-corrected chi connectivity index (χ0v) is 19.4. The first-order chi connectivity index (χ1) is 15.8. The number of nitrogens with zero attached hydrogens (tertiary/aromatic N) is 2. The van der Waals surface area contributed by atoms with E-state index in [0.29, 0.717) is 40.6 Å². The van der Waals surface area contributed by atoms with Crippen molar-refractivity contribution in [2.24, 2.45) is 4.99 Å². The molecule has 2 aromatic heterocycles. The number of nitrogens with one attached hydrogen (secondary N) is 2. The van der Waals surface area contributed by atoms with Crippen molar-refractivity contribution < 1.29 is 14.2 Å². The first kappa shape index (κ1) is 20.6. The van der Waals surface area contributed by atoms with Crippen LogP contribution in [-0.2, 0) is 4.74 Å². The maximum atomic E-state index is 13.2. The molecule has 0 unspecified atom stereocenters. The molecule has 6 rings (SSSR count). The number of H-pyrrole nitrogens is 2. The van der Waals surface area contributed by atoms with Crippen LogP contribution in [0.4, 0.5) is 5.82 Å². The van der Waals surface area contributed by atoms with Gasteiger partial charge in [0.1, 0.15) is 0 Å². The van der Waals surface area contributed by atoms with Crippen molar-refractivity contribution in [2.45, 2.75) is 50.5 Å². The number of hydrogen-bond donors (Lipinski definition) is 2. The maximum absolute atomic E-state index is 13.2. The van der Waals surface area contributed by atoms with E-state index in [2.05, 4.69) is 23.9 Å². The zero-order chi connectivity index (χ0) is 22.9. The summed E-state index contributed by atoms with van der Waals surface area (Å²) in [6.45, 7) is 6.80. The van der Waals surface area contributed by atoms with Gasteiger partial charge in [0.25, 0.3) is 11.1 Å². The molecule has 3 aliphatic heterocycles. The van der Waals surface area contributed by atoms with E-state index in [1.807, 2.05) is 23.7 Å². The van der Waals surface area contributed by atoms with Crippen molar-refractivity contribution in [3.8, 4) is 11.5 Å². The molecule has 0 radical (unpaired) electrons. The summed E-state index contributed by atoms with van der Waals surface area (Å²) in [4.78, 5) is 34.0. The number of ether oxygens (including phenoxy) is 3. The minimum atomic E-state index is -0.464. The van der Waals surface area contributed by atoms with Crippen LogP contribution in [-0.4, -0.2) is 38.8 Å². The standard InChI is InChI=1S/C23H24N4O5S/c1-11-24-20-18(22(29)26-27(20)13-4-5-32-23(2,3)9-13)19(33-11)14-6-12-7-16-17(31-10-30-16)8-15(12)25-21(14)28/h6-8,13,19H,4-5,9-10H2,1-3H3,(H,25,28)(H,26,29)/t13-,19+/m1/s1. The number of aromatic nitrogens is 3. The molecule has 1 aromatic carbocycles. The van der Waals surface area contributed by atoms with Gasteiger partial charge in [0.05, 0.1) is 33.0 Å². The second-order valence-corrected chi connectivity index (χ2v) is 10.6. The largest absolute Gasteiger partial charge is 0.454 e. The monoisotopic (exact) mass is 468 g/mol. The summed E-state index contributed by atoms with van der Waals surface area (Å²) < 4.78 is 18.7. The lowest BCUT2D eigenvalue weighted by Crippen LogP contribution is -2.35. The van der Waals surface area contributed by atoms with Crippen LogP contribution < -0.4 is 20.6 Å². The highest BCUT2D eigenvalue weighted by Crippen LogP contribution is 2.45. The van der Waals surface area contributed by atoms with Crippen molar-refractivity contribution in [1.29, 1.82) is 0 Å². The average Bonchev–Trinajstić information content (AvgIpc) is 3.34. The van der Waals surface area contributed by atoms with Crippen molar-refractivity contribution in [2.75, 3.05) is 13.4 Å². The fourth-order valence-corrected chi connectivity index (χ4v) is 6.03. The molecule has 1 fully saturated rings. The Bertz CT molecular complexity index is 1430. The highest BCUT2D eigenvalue weighted by atomic mass is 32.2. The molecule has 0 aliphatic carbocycles. The van der Waals surface area contributed by atoms with E-state index in [4.69, 9.17) is 19.2 Å². The number of thioether (sulfide) groups is 1. The van der Waals surface area contributed by atoms with Crippen LogP contribution in [0.2, 0.25) is 0 Å². The SMILES string of the molecule is CC1=Nc2c(c(=O)[nH]n2[C@@H]2CCOC(C)(C)C2)[C@H](c2cc3cc4c(cc3[nH]c2=O)OCO4)S1. The third-order valence-corrected chi connectivity index (χ3v) is 7.59. The van der Waals surface area contributed by atoms with Gasteiger partial charge in [-0.1, -0.05) is 11.8 Å². The van der Waals surface area contributed by atoms with Crippen molar-refractivity contribution in [1.82, 2.24) is 14.8 Å². The van der Waals surface area contributed by atoms with Gasteiger partial charge in [-0.2, -0.15) is 0 Å². The second kappa shape index (κ2) is 7.26. The molecule has 9 nitrogen and oxygen atoms in total. The molecule has 3 aliphatic rings. The number of hydrogen-bond acceptors (Lipinski definition) is 7. The number of fused-ring (bicyclic) bond motifs is 3. The first-order valence-corrected chi connectivity index (χ1v) is 11.8. The molecular formula is C23H24N4O5S. The van der Waals surface area contributed by atoms with E-state index in [0.717, 1.165) is 23.3 Å². The van der Waals surface area contributed by atoms with E-state index >= 15 is 0 Å². The van der Waals surface area contributed by atoms with Crippen LogP contribution in [0.15, 0.2) is 32.8 Å². The van der Waals surface area contributed by atoms with E-state index in [1.54, 1.807) is 6.07 Å². The van der Waals surface area contributed by atoms with E-state index in [9.17, 15) is 9.59 Å². The summed E-state index contributed by atoms with van der Waals surface area (Å²) in [5, 5.41) is 4.17. The lowest BCUT2D eigenvalue weighted by Gasteiger charge is -2.36. The predicted octanol–water partition coefficient (Wildman–Crippen LogP) is 3.76.